The summed E-state index contributed by atoms with van der Waals surface area (Å²) in [5.74, 6) is 0.0521. The molecular formula is C5H13NO3S. The Morgan fingerprint density at radius 1 is 1.40 bits per heavy atom. The van der Waals surface area contributed by atoms with E-state index in [1.807, 2.05) is 0 Å². The Morgan fingerprint density at radius 2 is 1.90 bits per heavy atom. The van der Waals surface area contributed by atoms with E-state index in [9.17, 15) is 8.42 Å². The summed E-state index contributed by atoms with van der Waals surface area (Å²) in [4.78, 5) is 0. The van der Waals surface area contributed by atoms with Gasteiger partial charge >= 0.3 is 0 Å². The number of ether oxygens (including phenoxy) is 1. The summed E-state index contributed by atoms with van der Waals surface area (Å²) < 4.78 is 27.7. The maximum atomic E-state index is 10.9. The quantitative estimate of drug-likeness (QED) is 0.568. The zero-order chi connectivity index (χ0) is 8.20. The van der Waals surface area contributed by atoms with Gasteiger partial charge < -0.3 is 4.74 Å². The Hall–Kier alpha value is -0.130. The van der Waals surface area contributed by atoms with E-state index in [-0.39, 0.29) is 12.4 Å². The topological polar surface area (TPSA) is 46.6 Å². The van der Waals surface area contributed by atoms with Gasteiger partial charge in [0.25, 0.3) is 0 Å². The number of nitrogens with zero attached hydrogens (tertiary/aromatic N) is 1. The fourth-order valence-corrected chi connectivity index (χ4v) is 1.11. The molecule has 0 saturated carbocycles. The normalized spacial score (nSPS) is 12.4. The molecule has 0 saturated heterocycles. The molecule has 0 N–H and O–H groups in total. The Labute approximate surface area is 61.8 Å². The third-order valence-corrected chi connectivity index (χ3v) is 2.90. The fourth-order valence-electron chi connectivity index (χ4n) is 0.371. The highest BCUT2D eigenvalue weighted by Gasteiger charge is 2.11. The number of hydrogen-bond acceptors (Lipinski definition) is 3. The molecule has 0 amide bonds. The largest absolute Gasteiger partial charge is 0.384 e. The van der Waals surface area contributed by atoms with Crippen molar-refractivity contribution >= 4 is 10.0 Å². The highest BCUT2D eigenvalue weighted by atomic mass is 32.2. The van der Waals surface area contributed by atoms with Gasteiger partial charge in [0.05, 0.1) is 12.4 Å². The van der Waals surface area contributed by atoms with E-state index < -0.39 is 10.0 Å². The lowest BCUT2D eigenvalue weighted by Crippen LogP contribution is -2.26. The van der Waals surface area contributed by atoms with Crippen molar-refractivity contribution in [3.05, 3.63) is 0 Å². The third kappa shape index (κ3) is 3.14. The molecule has 0 aromatic rings. The van der Waals surface area contributed by atoms with Crippen LogP contribution in [0.5, 0.6) is 0 Å². The molecule has 0 unspecified atom stereocenters. The lowest BCUT2D eigenvalue weighted by molar-refractivity contribution is 0.216. The molecular weight excluding hydrogens is 154 g/mol. The second kappa shape index (κ2) is 3.90. The molecule has 0 radical (unpaired) electrons. The minimum absolute atomic E-state index is 0.0521. The molecule has 0 aliphatic carbocycles. The molecule has 0 aliphatic heterocycles. The van der Waals surface area contributed by atoms with Crippen LogP contribution in [0.15, 0.2) is 0 Å². The maximum absolute atomic E-state index is 10.9. The van der Waals surface area contributed by atoms with Crippen LogP contribution in [-0.2, 0) is 14.8 Å². The van der Waals surface area contributed by atoms with Gasteiger partial charge in [-0.3, -0.25) is 0 Å². The van der Waals surface area contributed by atoms with Crippen LogP contribution < -0.4 is 0 Å². The minimum atomic E-state index is -3.05. The first kappa shape index (κ1) is 9.87. The molecule has 0 bridgehead atoms. The Morgan fingerprint density at radius 3 is 2.20 bits per heavy atom. The summed E-state index contributed by atoms with van der Waals surface area (Å²) in [6, 6.07) is 0. The highest BCUT2D eigenvalue weighted by Crippen LogP contribution is 1.92. The second-order valence-corrected chi connectivity index (χ2v) is 4.39. The van der Waals surface area contributed by atoms with E-state index >= 15 is 0 Å². The summed E-state index contributed by atoms with van der Waals surface area (Å²) in [6.45, 7) is 0.251. The van der Waals surface area contributed by atoms with Gasteiger partial charge in [0.15, 0.2) is 0 Å². The van der Waals surface area contributed by atoms with Crippen molar-refractivity contribution in [1.82, 2.24) is 4.31 Å². The summed E-state index contributed by atoms with van der Waals surface area (Å²) in [5.41, 5.74) is 0. The molecule has 0 rings (SSSR count). The zero-order valence-electron chi connectivity index (χ0n) is 6.49. The van der Waals surface area contributed by atoms with Crippen molar-refractivity contribution in [3.8, 4) is 0 Å². The van der Waals surface area contributed by atoms with Crippen molar-refractivity contribution in [2.45, 2.75) is 0 Å². The minimum Gasteiger partial charge on any atom is -0.384 e. The van der Waals surface area contributed by atoms with E-state index in [4.69, 9.17) is 0 Å². The Kier molecular flexibility index (Phi) is 3.85. The van der Waals surface area contributed by atoms with Crippen LogP contribution in [0.4, 0.5) is 0 Å². The summed E-state index contributed by atoms with van der Waals surface area (Å²) in [7, 11) is 1.44. The smallest absolute Gasteiger partial charge is 0.215 e. The summed E-state index contributed by atoms with van der Waals surface area (Å²) in [6.07, 6.45) is 0. The SMILES string of the molecule is COCCS(=O)(=O)N(C)C. The molecule has 62 valence electrons. The van der Waals surface area contributed by atoms with E-state index in [2.05, 4.69) is 4.74 Å². The van der Waals surface area contributed by atoms with Crippen LogP contribution in [0.25, 0.3) is 0 Å². The van der Waals surface area contributed by atoms with Crippen molar-refractivity contribution < 1.29 is 13.2 Å². The number of sulfonamides is 1. The molecule has 0 aromatic carbocycles. The van der Waals surface area contributed by atoms with Crippen LogP contribution in [0.3, 0.4) is 0 Å². The monoisotopic (exact) mass is 167 g/mol. The molecule has 0 fully saturated rings. The van der Waals surface area contributed by atoms with Gasteiger partial charge in [-0.15, -0.1) is 0 Å². The van der Waals surface area contributed by atoms with Gasteiger partial charge in [-0.25, -0.2) is 12.7 Å². The molecule has 0 spiro atoms. The number of methoxy groups -OCH3 is 1. The number of hydrogen-bond donors (Lipinski definition) is 0. The lowest BCUT2D eigenvalue weighted by atomic mass is 10.9. The van der Waals surface area contributed by atoms with E-state index in [1.165, 1.54) is 25.5 Å². The molecule has 0 atom stereocenters. The Balaban J connectivity index is 3.90. The van der Waals surface area contributed by atoms with Crippen molar-refractivity contribution in [2.24, 2.45) is 0 Å². The van der Waals surface area contributed by atoms with Crippen LogP contribution in [0.2, 0.25) is 0 Å². The third-order valence-electron chi connectivity index (χ3n) is 1.10. The standard InChI is InChI=1S/C5H13NO3S/c1-6(2)10(7,8)5-4-9-3/h4-5H2,1-3H3. The predicted octanol–water partition coefficient (Wildman–Crippen LogP) is -0.476. The number of rotatable bonds is 4. The van der Waals surface area contributed by atoms with Gasteiger partial charge in [0.2, 0.25) is 10.0 Å². The first-order chi connectivity index (χ1) is 4.50. The molecule has 0 aliphatic rings. The fraction of sp³-hybridized carbons (Fsp3) is 1.00. The molecule has 0 aromatic heterocycles. The average molecular weight is 167 g/mol. The first-order valence-corrected chi connectivity index (χ1v) is 4.51. The van der Waals surface area contributed by atoms with Crippen molar-refractivity contribution in [1.29, 1.82) is 0 Å². The Bertz CT molecular complexity index is 173. The molecule has 10 heavy (non-hydrogen) atoms. The lowest BCUT2D eigenvalue weighted by Gasteiger charge is -2.09. The summed E-state index contributed by atoms with van der Waals surface area (Å²) in [5, 5.41) is 0. The molecule has 4 nitrogen and oxygen atoms in total. The highest BCUT2D eigenvalue weighted by molar-refractivity contribution is 7.89. The molecule has 5 heteroatoms. The van der Waals surface area contributed by atoms with Crippen molar-refractivity contribution in [3.63, 3.8) is 0 Å². The molecule has 0 heterocycles. The van der Waals surface area contributed by atoms with Crippen LogP contribution in [0, 0.1) is 0 Å². The van der Waals surface area contributed by atoms with Gasteiger partial charge in [-0.2, -0.15) is 0 Å². The van der Waals surface area contributed by atoms with Crippen LogP contribution in [-0.4, -0.2) is 46.3 Å². The first-order valence-electron chi connectivity index (χ1n) is 2.90. The van der Waals surface area contributed by atoms with Crippen LogP contribution in [0.1, 0.15) is 0 Å². The predicted molar refractivity (Wildman–Crippen MR) is 39.3 cm³/mol. The van der Waals surface area contributed by atoms with Gasteiger partial charge in [0, 0.05) is 21.2 Å². The van der Waals surface area contributed by atoms with Crippen molar-refractivity contribution in [2.75, 3.05) is 33.6 Å². The van der Waals surface area contributed by atoms with Crippen LogP contribution >= 0.6 is 0 Å². The van der Waals surface area contributed by atoms with E-state index in [1.54, 1.807) is 0 Å². The summed E-state index contributed by atoms with van der Waals surface area (Å²) >= 11 is 0. The van der Waals surface area contributed by atoms with Gasteiger partial charge in [-0.05, 0) is 0 Å². The zero-order valence-corrected chi connectivity index (χ0v) is 7.31. The second-order valence-electron chi connectivity index (χ2n) is 2.09. The van der Waals surface area contributed by atoms with E-state index in [0.717, 1.165) is 0 Å². The van der Waals surface area contributed by atoms with E-state index in [0.29, 0.717) is 0 Å². The maximum Gasteiger partial charge on any atom is 0.215 e. The van der Waals surface area contributed by atoms with Gasteiger partial charge in [-0.1, -0.05) is 0 Å². The van der Waals surface area contributed by atoms with Gasteiger partial charge in [0.1, 0.15) is 0 Å². The average Bonchev–Trinajstić information content (AvgIpc) is 1.84.